The number of aryl methyl sites for hydroxylation is 2. The highest BCUT2D eigenvalue weighted by molar-refractivity contribution is 5.97. The number of esters is 1. The van der Waals surface area contributed by atoms with Crippen molar-refractivity contribution < 1.29 is 23.8 Å². The molecule has 0 saturated heterocycles. The highest BCUT2D eigenvalue weighted by atomic mass is 16.5. The van der Waals surface area contributed by atoms with Crippen LogP contribution in [0.1, 0.15) is 27.2 Å². The average Bonchev–Trinajstić information content (AvgIpc) is 2.54. The molecule has 0 aliphatic rings. The van der Waals surface area contributed by atoms with E-state index in [2.05, 4.69) is 9.72 Å². The molecular weight excluding hydrogens is 326 g/mol. The number of rotatable bonds is 3. The number of carboxylic acid groups (broad SMARTS) is 1. The summed E-state index contributed by atoms with van der Waals surface area (Å²) in [4.78, 5) is 39.9. The summed E-state index contributed by atoms with van der Waals surface area (Å²) in [5.41, 5.74) is 1.65. The summed E-state index contributed by atoms with van der Waals surface area (Å²) in [5.74, 6) is -1.92. The van der Waals surface area contributed by atoms with Crippen molar-refractivity contribution in [3.8, 4) is 0 Å². The second kappa shape index (κ2) is 6.01. The van der Waals surface area contributed by atoms with E-state index in [0.29, 0.717) is 11.0 Å². The lowest BCUT2D eigenvalue weighted by Crippen LogP contribution is -2.14. The van der Waals surface area contributed by atoms with Crippen LogP contribution in [0, 0.1) is 13.8 Å². The van der Waals surface area contributed by atoms with Crippen LogP contribution in [0.4, 0.5) is 0 Å². The molecule has 0 spiro atoms. The average molecular weight is 341 g/mol. The molecule has 0 fully saturated rings. The van der Waals surface area contributed by atoms with Gasteiger partial charge in [-0.05, 0) is 37.1 Å². The molecule has 7 nitrogen and oxygen atoms in total. The fraction of sp³-hybridized carbons (Fsp3) is 0.222. The van der Waals surface area contributed by atoms with Gasteiger partial charge in [0.15, 0.2) is 0 Å². The number of fused-ring (bicyclic) bond motifs is 2. The Morgan fingerprint density at radius 3 is 2.56 bits per heavy atom. The van der Waals surface area contributed by atoms with Gasteiger partial charge in [0.25, 0.3) is 0 Å². The molecule has 0 saturated carbocycles. The monoisotopic (exact) mass is 341 g/mol. The van der Waals surface area contributed by atoms with Crippen LogP contribution in [-0.2, 0) is 16.0 Å². The lowest BCUT2D eigenvalue weighted by molar-refractivity contribution is -0.136. The van der Waals surface area contributed by atoms with Crippen LogP contribution in [0.15, 0.2) is 27.4 Å². The van der Waals surface area contributed by atoms with Gasteiger partial charge < -0.3 is 14.3 Å². The van der Waals surface area contributed by atoms with Gasteiger partial charge in [0.1, 0.15) is 5.58 Å². The number of methoxy groups -OCH3 is 1. The summed E-state index contributed by atoms with van der Waals surface area (Å²) in [7, 11) is 1.17. The Hall–Kier alpha value is -3.22. The van der Waals surface area contributed by atoms with Gasteiger partial charge >= 0.3 is 11.9 Å². The fourth-order valence-electron chi connectivity index (χ4n) is 2.84. The number of hydrogen-bond donors (Lipinski definition) is 1. The number of carbonyl (C=O) groups excluding carboxylic acids is 1. The number of aromatic nitrogens is 1. The highest BCUT2D eigenvalue weighted by Crippen LogP contribution is 2.24. The molecule has 1 aromatic carbocycles. The smallest absolute Gasteiger partial charge is 0.339 e. The zero-order chi connectivity index (χ0) is 18.3. The van der Waals surface area contributed by atoms with Crippen molar-refractivity contribution in [2.75, 3.05) is 7.11 Å². The summed E-state index contributed by atoms with van der Waals surface area (Å²) >= 11 is 0. The fourth-order valence-corrected chi connectivity index (χ4v) is 2.84. The third kappa shape index (κ3) is 2.84. The van der Waals surface area contributed by atoms with Gasteiger partial charge in [-0.1, -0.05) is 6.07 Å². The van der Waals surface area contributed by atoms with E-state index in [-0.39, 0.29) is 27.8 Å². The standard InChI is InChI=1S/C18H15NO6/c1-8-4-9(2)16-11(5-8)15(22)12-6-10(18(23)24-3)13(7-14(20)21)19-17(12)25-16/h4-6H,7H2,1-3H3,(H,20,21). The Morgan fingerprint density at radius 2 is 1.92 bits per heavy atom. The second-order valence-corrected chi connectivity index (χ2v) is 5.79. The maximum Gasteiger partial charge on any atom is 0.339 e. The van der Waals surface area contributed by atoms with Crippen molar-refractivity contribution in [1.29, 1.82) is 0 Å². The molecular formula is C18H15NO6. The van der Waals surface area contributed by atoms with Crippen LogP contribution >= 0.6 is 0 Å². The molecule has 3 aromatic rings. The Labute approximate surface area is 141 Å². The number of hydrogen-bond acceptors (Lipinski definition) is 6. The Balaban J connectivity index is 2.43. The van der Waals surface area contributed by atoms with Crippen molar-refractivity contribution >= 4 is 34.0 Å². The highest BCUT2D eigenvalue weighted by Gasteiger charge is 2.20. The normalized spacial score (nSPS) is 11.0. The van der Waals surface area contributed by atoms with Crippen molar-refractivity contribution in [1.82, 2.24) is 4.98 Å². The predicted octanol–water partition coefficient (Wildman–Crippen LogP) is 2.37. The minimum absolute atomic E-state index is 0.00615. The summed E-state index contributed by atoms with van der Waals surface area (Å²) in [5, 5.41) is 9.52. The molecule has 2 aromatic heterocycles. The first-order valence-corrected chi connectivity index (χ1v) is 7.49. The van der Waals surface area contributed by atoms with E-state index in [0.717, 1.165) is 11.1 Å². The summed E-state index contributed by atoms with van der Waals surface area (Å²) < 4.78 is 10.4. The van der Waals surface area contributed by atoms with Gasteiger partial charge in [-0.15, -0.1) is 0 Å². The zero-order valence-electron chi connectivity index (χ0n) is 13.9. The molecule has 128 valence electrons. The first-order chi connectivity index (χ1) is 11.8. The van der Waals surface area contributed by atoms with E-state index in [1.54, 1.807) is 6.07 Å². The number of nitrogens with zero attached hydrogens (tertiary/aromatic N) is 1. The first kappa shape index (κ1) is 16.6. The number of carbonyl (C=O) groups is 2. The minimum atomic E-state index is -1.16. The Kier molecular flexibility index (Phi) is 4.00. The topological polar surface area (TPSA) is 107 Å². The van der Waals surface area contributed by atoms with Gasteiger partial charge in [-0.3, -0.25) is 9.59 Å². The number of carboxylic acids is 1. The van der Waals surface area contributed by atoms with Crippen LogP contribution in [0.5, 0.6) is 0 Å². The maximum atomic E-state index is 12.8. The third-order valence-electron chi connectivity index (χ3n) is 3.90. The lowest BCUT2D eigenvalue weighted by atomic mass is 10.0. The van der Waals surface area contributed by atoms with Gasteiger partial charge in [0.05, 0.1) is 35.6 Å². The SMILES string of the molecule is COC(=O)c1cc2c(=O)c3cc(C)cc(C)c3oc2nc1CC(=O)O. The molecule has 3 rings (SSSR count). The number of benzene rings is 1. The van der Waals surface area contributed by atoms with Crippen LogP contribution in [-0.4, -0.2) is 29.1 Å². The molecule has 0 atom stereocenters. The Morgan fingerprint density at radius 1 is 1.20 bits per heavy atom. The molecule has 0 bridgehead atoms. The van der Waals surface area contributed by atoms with E-state index in [1.165, 1.54) is 13.2 Å². The molecule has 0 aliphatic heterocycles. The second-order valence-electron chi connectivity index (χ2n) is 5.79. The third-order valence-corrected chi connectivity index (χ3v) is 3.90. The molecule has 0 radical (unpaired) electrons. The lowest BCUT2D eigenvalue weighted by Gasteiger charge is -2.09. The van der Waals surface area contributed by atoms with Gasteiger partial charge in [0.2, 0.25) is 11.1 Å². The number of pyridine rings is 1. The molecule has 1 N–H and O–H groups in total. The molecule has 0 aliphatic carbocycles. The quantitative estimate of drug-likeness (QED) is 0.575. The molecule has 25 heavy (non-hydrogen) atoms. The van der Waals surface area contributed by atoms with E-state index in [9.17, 15) is 14.4 Å². The Bertz CT molecular complexity index is 1100. The predicted molar refractivity (Wildman–Crippen MR) is 89.9 cm³/mol. The van der Waals surface area contributed by atoms with Crippen LogP contribution in [0.3, 0.4) is 0 Å². The molecule has 7 heteroatoms. The van der Waals surface area contributed by atoms with Crippen molar-refractivity contribution in [2.24, 2.45) is 0 Å². The molecule has 0 amide bonds. The van der Waals surface area contributed by atoms with Gasteiger partial charge in [-0.25, -0.2) is 9.78 Å². The van der Waals surface area contributed by atoms with Gasteiger partial charge in [0, 0.05) is 0 Å². The number of ether oxygens (including phenoxy) is 1. The van der Waals surface area contributed by atoms with Crippen molar-refractivity contribution in [3.63, 3.8) is 0 Å². The van der Waals surface area contributed by atoms with Crippen LogP contribution in [0.25, 0.3) is 22.1 Å². The van der Waals surface area contributed by atoms with Crippen molar-refractivity contribution in [2.45, 2.75) is 20.3 Å². The van der Waals surface area contributed by atoms with E-state index in [4.69, 9.17) is 9.52 Å². The van der Waals surface area contributed by atoms with Crippen LogP contribution in [0.2, 0.25) is 0 Å². The van der Waals surface area contributed by atoms with Crippen LogP contribution < -0.4 is 5.43 Å². The van der Waals surface area contributed by atoms with Gasteiger partial charge in [-0.2, -0.15) is 0 Å². The van der Waals surface area contributed by atoms with E-state index in [1.807, 2.05) is 19.9 Å². The largest absolute Gasteiger partial charge is 0.481 e. The summed E-state index contributed by atoms with van der Waals surface area (Å²) in [6, 6.07) is 4.87. The zero-order valence-corrected chi connectivity index (χ0v) is 13.9. The maximum absolute atomic E-state index is 12.8. The summed E-state index contributed by atoms with van der Waals surface area (Å²) in [6.45, 7) is 3.68. The minimum Gasteiger partial charge on any atom is -0.481 e. The summed E-state index contributed by atoms with van der Waals surface area (Å²) in [6.07, 6.45) is -0.491. The molecule has 0 unspecified atom stereocenters. The first-order valence-electron chi connectivity index (χ1n) is 7.49. The van der Waals surface area contributed by atoms with E-state index >= 15 is 0 Å². The number of aliphatic carboxylic acids is 1. The molecule has 2 heterocycles. The van der Waals surface area contributed by atoms with E-state index < -0.39 is 18.4 Å². The van der Waals surface area contributed by atoms with Crippen molar-refractivity contribution in [3.05, 3.63) is 50.8 Å².